The first kappa shape index (κ1) is 12.6. The molecule has 0 saturated carbocycles. The molecule has 0 aliphatic heterocycles. The molecule has 1 heterocycles. The van der Waals surface area contributed by atoms with E-state index < -0.39 is 0 Å². The minimum atomic E-state index is 0.313. The average Bonchev–Trinajstić information content (AvgIpc) is 2.86. The van der Waals surface area contributed by atoms with Gasteiger partial charge in [-0.3, -0.25) is 0 Å². The topological polar surface area (TPSA) is 60.2 Å². The molecular formula is C13H17N3O2. The van der Waals surface area contributed by atoms with Crippen molar-refractivity contribution in [3.8, 4) is 17.2 Å². The van der Waals surface area contributed by atoms with Gasteiger partial charge in [0.1, 0.15) is 5.75 Å². The third-order valence-corrected chi connectivity index (χ3v) is 2.79. The van der Waals surface area contributed by atoms with Gasteiger partial charge in [-0.25, -0.2) is 0 Å². The summed E-state index contributed by atoms with van der Waals surface area (Å²) in [6.07, 6.45) is 0.731. The fourth-order valence-electron chi connectivity index (χ4n) is 1.64. The highest BCUT2D eigenvalue weighted by Crippen LogP contribution is 2.27. The zero-order chi connectivity index (χ0) is 13.0. The number of benzene rings is 1. The molecule has 18 heavy (non-hydrogen) atoms. The molecule has 1 aromatic heterocycles. The Bertz CT molecular complexity index is 510. The van der Waals surface area contributed by atoms with Gasteiger partial charge in [0.2, 0.25) is 0 Å². The van der Waals surface area contributed by atoms with Gasteiger partial charge in [-0.2, -0.15) is 4.98 Å². The van der Waals surface area contributed by atoms with Crippen LogP contribution in [-0.2, 0) is 6.42 Å². The van der Waals surface area contributed by atoms with Crippen LogP contribution in [-0.4, -0.2) is 30.3 Å². The molecule has 2 aromatic rings. The van der Waals surface area contributed by atoms with E-state index in [1.165, 1.54) is 0 Å². The fraction of sp³-hybridized carbons (Fsp3) is 0.385. The van der Waals surface area contributed by atoms with Crippen molar-refractivity contribution in [3.63, 3.8) is 0 Å². The molecule has 0 fully saturated rings. The molecule has 1 atom stereocenters. The Morgan fingerprint density at radius 3 is 2.89 bits per heavy atom. The minimum Gasteiger partial charge on any atom is -0.496 e. The molecule has 2 rings (SSSR count). The second-order valence-corrected chi connectivity index (χ2v) is 4.11. The number of nitrogens with one attached hydrogen (secondary N) is 1. The molecule has 0 radical (unpaired) electrons. The van der Waals surface area contributed by atoms with Crippen molar-refractivity contribution in [3.05, 3.63) is 30.1 Å². The third kappa shape index (κ3) is 2.68. The van der Waals surface area contributed by atoms with E-state index in [2.05, 4.69) is 22.4 Å². The lowest BCUT2D eigenvalue weighted by molar-refractivity contribution is 0.401. The van der Waals surface area contributed by atoms with Crippen LogP contribution in [0.15, 0.2) is 28.8 Å². The summed E-state index contributed by atoms with van der Waals surface area (Å²) in [5, 5.41) is 7.11. The second kappa shape index (κ2) is 5.64. The van der Waals surface area contributed by atoms with Crippen molar-refractivity contribution in [2.45, 2.75) is 19.4 Å². The zero-order valence-corrected chi connectivity index (χ0v) is 10.8. The standard InChI is InChI=1S/C13H17N3O2/c1-9(14-2)8-12-15-13(18-16-12)10-6-4-5-7-11(10)17-3/h4-7,9,14H,8H2,1-3H3. The Labute approximate surface area is 106 Å². The second-order valence-electron chi connectivity index (χ2n) is 4.11. The molecule has 0 bridgehead atoms. The van der Waals surface area contributed by atoms with Crippen molar-refractivity contribution in [1.29, 1.82) is 0 Å². The Kier molecular flexibility index (Phi) is 3.94. The van der Waals surface area contributed by atoms with E-state index in [0.29, 0.717) is 17.8 Å². The first-order valence-electron chi connectivity index (χ1n) is 5.88. The summed E-state index contributed by atoms with van der Waals surface area (Å²) >= 11 is 0. The lowest BCUT2D eigenvalue weighted by Gasteiger charge is -2.05. The van der Waals surface area contributed by atoms with Crippen LogP contribution < -0.4 is 10.1 Å². The van der Waals surface area contributed by atoms with E-state index in [-0.39, 0.29) is 0 Å². The molecule has 1 N–H and O–H groups in total. The van der Waals surface area contributed by atoms with Crippen molar-refractivity contribution in [1.82, 2.24) is 15.5 Å². The maximum atomic E-state index is 5.27. The summed E-state index contributed by atoms with van der Waals surface area (Å²) in [7, 11) is 3.53. The highest BCUT2D eigenvalue weighted by atomic mass is 16.5. The van der Waals surface area contributed by atoms with Crippen molar-refractivity contribution in [2.75, 3.05) is 14.2 Å². The van der Waals surface area contributed by atoms with Crippen LogP contribution in [0, 0.1) is 0 Å². The van der Waals surface area contributed by atoms with Gasteiger partial charge in [-0.1, -0.05) is 17.3 Å². The van der Waals surface area contributed by atoms with Gasteiger partial charge in [0.15, 0.2) is 5.82 Å². The predicted molar refractivity (Wildman–Crippen MR) is 68.5 cm³/mol. The van der Waals surface area contributed by atoms with E-state index in [1.807, 2.05) is 31.3 Å². The van der Waals surface area contributed by atoms with Gasteiger partial charge < -0.3 is 14.6 Å². The lowest BCUT2D eigenvalue weighted by Crippen LogP contribution is -2.24. The highest BCUT2D eigenvalue weighted by Gasteiger charge is 2.14. The molecule has 0 amide bonds. The predicted octanol–water partition coefficient (Wildman–Crippen LogP) is 1.90. The van der Waals surface area contributed by atoms with Crippen LogP contribution in [0.1, 0.15) is 12.7 Å². The zero-order valence-electron chi connectivity index (χ0n) is 10.8. The molecular weight excluding hydrogens is 230 g/mol. The highest BCUT2D eigenvalue weighted by molar-refractivity contribution is 5.62. The summed E-state index contributed by atoms with van der Waals surface area (Å²) in [6, 6.07) is 7.90. The molecule has 0 saturated heterocycles. The largest absolute Gasteiger partial charge is 0.496 e. The maximum absolute atomic E-state index is 5.27. The lowest BCUT2D eigenvalue weighted by atomic mass is 10.2. The van der Waals surface area contributed by atoms with Crippen molar-refractivity contribution in [2.24, 2.45) is 0 Å². The molecule has 5 heteroatoms. The van der Waals surface area contributed by atoms with Crippen molar-refractivity contribution < 1.29 is 9.26 Å². The Balaban J connectivity index is 2.24. The molecule has 0 spiro atoms. The van der Waals surface area contributed by atoms with Crippen LogP contribution in [0.25, 0.3) is 11.5 Å². The van der Waals surface area contributed by atoms with Gasteiger partial charge in [-0.05, 0) is 26.1 Å². The third-order valence-electron chi connectivity index (χ3n) is 2.79. The molecule has 1 aromatic carbocycles. The van der Waals surface area contributed by atoms with Crippen LogP contribution in [0.5, 0.6) is 5.75 Å². The van der Waals surface area contributed by atoms with Gasteiger partial charge in [0.05, 0.1) is 12.7 Å². The molecule has 0 aliphatic carbocycles. The van der Waals surface area contributed by atoms with Crippen LogP contribution in [0.2, 0.25) is 0 Å². The number of rotatable bonds is 5. The van der Waals surface area contributed by atoms with Crippen molar-refractivity contribution >= 4 is 0 Å². The van der Waals surface area contributed by atoms with E-state index >= 15 is 0 Å². The van der Waals surface area contributed by atoms with E-state index in [1.54, 1.807) is 7.11 Å². The number of ether oxygens (including phenoxy) is 1. The summed E-state index contributed by atoms with van der Waals surface area (Å²) in [6.45, 7) is 2.07. The molecule has 1 unspecified atom stereocenters. The normalized spacial score (nSPS) is 12.4. The Morgan fingerprint density at radius 2 is 2.17 bits per heavy atom. The number of nitrogens with zero attached hydrogens (tertiary/aromatic N) is 2. The van der Waals surface area contributed by atoms with E-state index in [0.717, 1.165) is 17.7 Å². The van der Waals surface area contributed by atoms with Gasteiger partial charge in [0.25, 0.3) is 5.89 Å². The monoisotopic (exact) mass is 247 g/mol. The number of hydrogen-bond acceptors (Lipinski definition) is 5. The number of hydrogen-bond donors (Lipinski definition) is 1. The quantitative estimate of drug-likeness (QED) is 0.874. The molecule has 5 nitrogen and oxygen atoms in total. The average molecular weight is 247 g/mol. The Morgan fingerprint density at radius 1 is 1.39 bits per heavy atom. The Hall–Kier alpha value is -1.88. The summed E-state index contributed by atoms with van der Waals surface area (Å²) in [5.74, 6) is 1.91. The summed E-state index contributed by atoms with van der Waals surface area (Å²) < 4.78 is 10.5. The number of likely N-dealkylation sites (N-methyl/N-ethyl adjacent to an activating group) is 1. The summed E-state index contributed by atoms with van der Waals surface area (Å²) in [4.78, 5) is 4.38. The molecule has 96 valence electrons. The summed E-state index contributed by atoms with van der Waals surface area (Å²) in [5.41, 5.74) is 0.816. The maximum Gasteiger partial charge on any atom is 0.261 e. The SMILES string of the molecule is CNC(C)Cc1noc(-c2ccccc2OC)n1. The van der Waals surface area contributed by atoms with Gasteiger partial charge in [-0.15, -0.1) is 0 Å². The van der Waals surface area contributed by atoms with Gasteiger partial charge in [0, 0.05) is 12.5 Å². The first-order valence-corrected chi connectivity index (χ1v) is 5.88. The molecule has 0 aliphatic rings. The minimum absolute atomic E-state index is 0.313. The number of para-hydroxylation sites is 1. The van der Waals surface area contributed by atoms with E-state index in [4.69, 9.17) is 9.26 Å². The van der Waals surface area contributed by atoms with Gasteiger partial charge >= 0.3 is 0 Å². The first-order chi connectivity index (χ1) is 8.74. The van der Waals surface area contributed by atoms with Crippen LogP contribution in [0.4, 0.5) is 0 Å². The fourth-order valence-corrected chi connectivity index (χ4v) is 1.64. The number of methoxy groups -OCH3 is 1. The van der Waals surface area contributed by atoms with Crippen LogP contribution >= 0.6 is 0 Å². The number of aromatic nitrogens is 2. The van der Waals surface area contributed by atoms with E-state index in [9.17, 15) is 0 Å². The smallest absolute Gasteiger partial charge is 0.261 e. The van der Waals surface area contributed by atoms with Crippen LogP contribution in [0.3, 0.4) is 0 Å².